The lowest BCUT2D eigenvalue weighted by atomic mass is 10.1. The van der Waals surface area contributed by atoms with E-state index in [0.717, 1.165) is 16.9 Å². The van der Waals surface area contributed by atoms with E-state index in [1.807, 2.05) is 38.1 Å². The molecule has 1 amide bonds. The van der Waals surface area contributed by atoms with Crippen LogP contribution in [0.4, 0.5) is 5.69 Å². The van der Waals surface area contributed by atoms with Crippen molar-refractivity contribution in [3.8, 4) is 5.69 Å². The van der Waals surface area contributed by atoms with Crippen molar-refractivity contribution in [1.82, 2.24) is 14.7 Å². The van der Waals surface area contributed by atoms with Gasteiger partial charge in [-0.3, -0.25) is 19.7 Å². The van der Waals surface area contributed by atoms with Crippen molar-refractivity contribution >= 4 is 17.8 Å². The van der Waals surface area contributed by atoms with Crippen LogP contribution in [0.5, 0.6) is 0 Å². The van der Waals surface area contributed by atoms with E-state index < -0.39 is 0 Å². The first kappa shape index (κ1) is 19.8. The van der Waals surface area contributed by atoms with Crippen LogP contribution in [-0.2, 0) is 4.74 Å². The highest BCUT2D eigenvalue weighted by Gasteiger charge is 2.18. The largest absolute Gasteiger partial charge is 0.378 e. The number of aryl methyl sites for hydroxylation is 2. The van der Waals surface area contributed by atoms with Crippen LogP contribution in [0.3, 0.4) is 0 Å². The van der Waals surface area contributed by atoms with Crippen molar-refractivity contribution in [3.05, 3.63) is 81.3 Å². The number of aromatic nitrogens is 2. The number of morpholine rings is 1. The first-order valence-electron chi connectivity index (χ1n) is 9.93. The van der Waals surface area contributed by atoms with Gasteiger partial charge >= 0.3 is 0 Å². The van der Waals surface area contributed by atoms with Crippen molar-refractivity contribution in [2.45, 2.75) is 13.8 Å². The van der Waals surface area contributed by atoms with Crippen LogP contribution < -0.4 is 5.56 Å². The molecule has 1 aliphatic heterocycles. The number of carbonyl (C=O) groups excluding carboxylic acids is 1. The number of aliphatic imine (C=N–C) groups is 1. The summed E-state index contributed by atoms with van der Waals surface area (Å²) in [5.74, 6) is -0.00343. The summed E-state index contributed by atoms with van der Waals surface area (Å²) < 4.78 is 6.80. The summed E-state index contributed by atoms with van der Waals surface area (Å²) in [4.78, 5) is 31.5. The van der Waals surface area contributed by atoms with Crippen LogP contribution in [0.15, 0.2) is 58.3 Å². The molecule has 1 N–H and O–H groups in total. The van der Waals surface area contributed by atoms with Crippen LogP contribution >= 0.6 is 0 Å². The number of benzene rings is 2. The summed E-state index contributed by atoms with van der Waals surface area (Å²) in [5.41, 5.74) is 4.30. The molecule has 3 aromatic rings. The normalized spacial score (nSPS) is 14.4. The zero-order valence-electron chi connectivity index (χ0n) is 17.1. The lowest BCUT2D eigenvalue weighted by Gasteiger charge is -2.26. The van der Waals surface area contributed by atoms with Crippen LogP contribution in [-0.4, -0.2) is 53.1 Å². The number of hydrogen-bond acceptors (Lipinski definition) is 4. The van der Waals surface area contributed by atoms with E-state index >= 15 is 0 Å². The topological polar surface area (TPSA) is 79.7 Å². The van der Waals surface area contributed by atoms with Crippen molar-refractivity contribution in [2.75, 3.05) is 26.3 Å². The second-order valence-corrected chi connectivity index (χ2v) is 7.34. The Morgan fingerprint density at radius 1 is 1.03 bits per heavy atom. The van der Waals surface area contributed by atoms with E-state index in [1.54, 1.807) is 35.4 Å². The van der Waals surface area contributed by atoms with Gasteiger partial charge in [0, 0.05) is 30.6 Å². The molecule has 154 valence electrons. The van der Waals surface area contributed by atoms with E-state index in [-0.39, 0.29) is 11.5 Å². The van der Waals surface area contributed by atoms with Gasteiger partial charge in [-0.25, -0.2) is 4.68 Å². The summed E-state index contributed by atoms with van der Waals surface area (Å²) in [6, 6.07) is 14.8. The minimum absolute atomic E-state index is 0.00343. The van der Waals surface area contributed by atoms with Gasteiger partial charge in [0.05, 0.1) is 30.2 Å². The zero-order valence-corrected chi connectivity index (χ0v) is 17.1. The molecule has 0 aliphatic carbocycles. The van der Waals surface area contributed by atoms with Crippen LogP contribution in [0, 0.1) is 13.8 Å². The average molecular weight is 404 g/mol. The Hall–Kier alpha value is -3.45. The minimum atomic E-state index is -0.154. The number of ether oxygens (including phenoxy) is 1. The first-order chi connectivity index (χ1) is 14.5. The third kappa shape index (κ3) is 4.11. The second-order valence-electron chi connectivity index (χ2n) is 7.34. The molecular weight excluding hydrogens is 380 g/mol. The quantitative estimate of drug-likeness (QED) is 0.679. The summed E-state index contributed by atoms with van der Waals surface area (Å²) in [6.07, 6.45) is 1.57. The SMILES string of the molecule is Cc1ccc(-n2[nH]c(C)c(C=Nc3ccc(C(=O)N4CCOCC4)cc3)c2=O)cc1. The number of hydrogen-bond donors (Lipinski definition) is 1. The molecule has 1 aromatic heterocycles. The van der Waals surface area contributed by atoms with Crippen LogP contribution in [0.25, 0.3) is 5.69 Å². The molecule has 0 bridgehead atoms. The van der Waals surface area contributed by atoms with Gasteiger partial charge < -0.3 is 9.64 Å². The number of nitrogens with zero attached hydrogens (tertiary/aromatic N) is 3. The van der Waals surface area contributed by atoms with Gasteiger partial charge in [0.15, 0.2) is 0 Å². The highest BCUT2D eigenvalue weighted by atomic mass is 16.5. The van der Waals surface area contributed by atoms with Crippen molar-refractivity contribution < 1.29 is 9.53 Å². The second kappa shape index (κ2) is 8.51. The monoisotopic (exact) mass is 404 g/mol. The molecule has 7 nitrogen and oxygen atoms in total. The van der Waals surface area contributed by atoms with Gasteiger partial charge in [-0.05, 0) is 50.2 Å². The first-order valence-corrected chi connectivity index (χ1v) is 9.93. The maximum atomic E-state index is 12.8. The fourth-order valence-corrected chi connectivity index (χ4v) is 3.37. The molecule has 2 heterocycles. The van der Waals surface area contributed by atoms with E-state index in [1.165, 1.54) is 4.68 Å². The Morgan fingerprint density at radius 3 is 2.37 bits per heavy atom. The molecular formula is C23H24N4O3. The fourth-order valence-electron chi connectivity index (χ4n) is 3.37. The Morgan fingerprint density at radius 2 is 1.70 bits per heavy atom. The van der Waals surface area contributed by atoms with Gasteiger partial charge in [0.25, 0.3) is 11.5 Å². The summed E-state index contributed by atoms with van der Waals surface area (Å²) in [6.45, 7) is 6.22. The predicted molar refractivity (Wildman–Crippen MR) is 116 cm³/mol. The van der Waals surface area contributed by atoms with E-state index in [9.17, 15) is 9.59 Å². The van der Waals surface area contributed by atoms with Gasteiger partial charge in [-0.2, -0.15) is 0 Å². The molecule has 1 fully saturated rings. The van der Waals surface area contributed by atoms with Crippen molar-refractivity contribution in [2.24, 2.45) is 4.99 Å². The molecule has 4 rings (SSSR count). The maximum Gasteiger partial charge on any atom is 0.280 e. The van der Waals surface area contributed by atoms with Crippen molar-refractivity contribution in [3.63, 3.8) is 0 Å². The van der Waals surface area contributed by atoms with E-state index in [2.05, 4.69) is 10.1 Å². The Kier molecular flexibility index (Phi) is 5.63. The predicted octanol–water partition coefficient (Wildman–Crippen LogP) is 3.01. The molecule has 0 radical (unpaired) electrons. The number of rotatable bonds is 4. The Balaban J connectivity index is 1.52. The number of nitrogens with one attached hydrogen (secondary N) is 1. The summed E-state index contributed by atoms with van der Waals surface area (Å²) in [7, 11) is 0. The van der Waals surface area contributed by atoms with E-state index in [4.69, 9.17) is 4.74 Å². The molecule has 0 saturated carbocycles. The molecule has 2 aromatic carbocycles. The number of carbonyl (C=O) groups is 1. The van der Waals surface area contributed by atoms with Crippen LogP contribution in [0.2, 0.25) is 0 Å². The zero-order chi connectivity index (χ0) is 21.1. The third-order valence-electron chi connectivity index (χ3n) is 5.16. The highest BCUT2D eigenvalue weighted by Crippen LogP contribution is 2.16. The van der Waals surface area contributed by atoms with E-state index in [0.29, 0.717) is 43.1 Å². The molecule has 0 atom stereocenters. The lowest BCUT2D eigenvalue weighted by molar-refractivity contribution is 0.0303. The average Bonchev–Trinajstić information content (AvgIpc) is 3.06. The molecule has 0 spiro atoms. The third-order valence-corrected chi connectivity index (χ3v) is 5.16. The minimum Gasteiger partial charge on any atom is -0.378 e. The van der Waals surface area contributed by atoms with Gasteiger partial charge in [0.2, 0.25) is 0 Å². The molecule has 0 unspecified atom stereocenters. The standard InChI is InChI=1S/C23H24N4O3/c1-16-3-9-20(10-4-16)27-23(29)21(17(2)25-27)15-24-19-7-5-18(6-8-19)22(28)26-11-13-30-14-12-26/h3-10,15,25H,11-14H2,1-2H3. The fraction of sp³-hybridized carbons (Fsp3) is 0.261. The number of aromatic amines is 1. The lowest BCUT2D eigenvalue weighted by Crippen LogP contribution is -2.40. The van der Waals surface area contributed by atoms with Crippen LogP contribution in [0.1, 0.15) is 27.2 Å². The Labute approximate surface area is 174 Å². The molecule has 30 heavy (non-hydrogen) atoms. The maximum absolute atomic E-state index is 12.8. The highest BCUT2D eigenvalue weighted by molar-refractivity contribution is 5.94. The smallest absolute Gasteiger partial charge is 0.280 e. The number of amides is 1. The summed E-state index contributed by atoms with van der Waals surface area (Å²) in [5, 5.41) is 3.10. The summed E-state index contributed by atoms with van der Waals surface area (Å²) >= 11 is 0. The van der Waals surface area contributed by atoms with Gasteiger partial charge in [-0.15, -0.1) is 0 Å². The Bertz CT molecular complexity index is 1120. The number of H-pyrrole nitrogens is 1. The molecule has 1 saturated heterocycles. The molecule has 7 heteroatoms. The van der Waals surface area contributed by atoms with Gasteiger partial charge in [0.1, 0.15) is 0 Å². The van der Waals surface area contributed by atoms with Crippen molar-refractivity contribution in [1.29, 1.82) is 0 Å². The van der Waals surface area contributed by atoms with Gasteiger partial charge in [-0.1, -0.05) is 17.7 Å². The molecule has 1 aliphatic rings.